The SMILES string of the molecule is COC(=O)C1=C(C)NC2=C(C(=O)OC2)C1c1cccc2c(=O)cc(C3CCCCC3)oc12. The van der Waals surface area contributed by atoms with Gasteiger partial charge in [-0.3, -0.25) is 4.79 Å². The van der Waals surface area contributed by atoms with Crippen molar-refractivity contribution in [2.45, 2.75) is 50.9 Å². The average molecular weight is 435 g/mol. The number of rotatable bonds is 3. The molecule has 1 unspecified atom stereocenters. The molecule has 0 saturated heterocycles. The number of para-hydroxylation sites is 1. The molecule has 2 aromatic rings. The summed E-state index contributed by atoms with van der Waals surface area (Å²) in [7, 11) is 1.31. The van der Waals surface area contributed by atoms with Crippen LogP contribution in [0.4, 0.5) is 0 Å². The molecule has 1 saturated carbocycles. The first-order chi connectivity index (χ1) is 15.5. The number of nitrogens with one attached hydrogen (secondary N) is 1. The fourth-order valence-corrected chi connectivity index (χ4v) is 5.19. The van der Waals surface area contributed by atoms with Gasteiger partial charge in [-0.15, -0.1) is 0 Å². The zero-order valence-electron chi connectivity index (χ0n) is 18.2. The van der Waals surface area contributed by atoms with Crippen LogP contribution < -0.4 is 10.7 Å². The van der Waals surface area contributed by atoms with E-state index in [1.165, 1.54) is 13.5 Å². The van der Waals surface area contributed by atoms with E-state index >= 15 is 0 Å². The van der Waals surface area contributed by atoms with Crippen LogP contribution in [0.5, 0.6) is 0 Å². The molecule has 5 rings (SSSR count). The first kappa shape index (κ1) is 20.5. The van der Waals surface area contributed by atoms with E-state index < -0.39 is 17.9 Å². The van der Waals surface area contributed by atoms with Crippen molar-refractivity contribution >= 4 is 22.9 Å². The largest absolute Gasteiger partial charge is 0.466 e. The Hall–Kier alpha value is -3.35. The van der Waals surface area contributed by atoms with E-state index in [0.29, 0.717) is 44.8 Å². The van der Waals surface area contributed by atoms with Crippen molar-refractivity contribution in [3.8, 4) is 0 Å². The van der Waals surface area contributed by atoms with Gasteiger partial charge in [-0.05, 0) is 25.8 Å². The average Bonchev–Trinajstić information content (AvgIpc) is 3.18. The number of esters is 2. The summed E-state index contributed by atoms with van der Waals surface area (Å²) >= 11 is 0. The quantitative estimate of drug-likeness (QED) is 0.733. The van der Waals surface area contributed by atoms with Crippen molar-refractivity contribution < 1.29 is 23.5 Å². The van der Waals surface area contributed by atoms with Crippen LogP contribution in [0.15, 0.2) is 56.0 Å². The van der Waals surface area contributed by atoms with Crippen LogP contribution in [0.3, 0.4) is 0 Å². The number of fused-ring (bicyclic) bond motifs is 1. The lowest BCUT2D eigenvalue weighted by Crippen LogP contribution is -2.30. The van der Waals surface area contributed by atoms with Gasteiger partial charge in [0.25, 0.3) is 0 Å². The minimum absolute atomic E-state index is 0.110. The number of ether oxygens (including phenoxy) is 2. The summed E-state index contributed by atoms with van der Waals surface area (Å²) in [6.07, 6.45) is 5.38. The first-order valence-corrected chi connectivity index (χ1v) is 11.0. The second-order valence-electron chi connectivity index (χ2n) is 8.63. The van der Waals surface area contributed by atoms with Crippen molar-refractivity contribution in [3.05, 3.63) is 68.4 Å². The molecule has 3 heterocycles. The summed E-state index contributed by atoms with van der Waals surface area (Å²) in [4.78, 5) is 38.5. The van der Waals surface area contributed by atoms with Crippen LogP contribution in [0.1, 0.15) is 62.2 Å². The predicted octanol–water partition coefficient (Wildman–Crippen LogP) is 3.79. The molecule has 32 heavy (non-hydrogen) atoms. The topological polar surface area (TPSA) is 94.8 Å². The molecule has 1 fully saturated rings. The Kier molecular flexibility index (Phi) is 5.12. The molecule has 2 aliphatic heterocycles. The van der Waals surface area contributed by atoms with E-state index in [9.17, 15) is 14.4 Å². The van der Waals surface area contributed by atoms with E-state index in [2.05, 4.69) is 5.32 Å². The smallest absolute Gasteiger partial charge is 0.337 e. The highest BCUT2D eigenvalue weighted by Crippen LogP contribution is 2.44. The summed E-state index contributed by atoms with van der Waals surface area (Å²) in [5.41, 5.74) is 2.75. The maximum absolute atomic E-state index is 13.0. The van der Waals surface area contributed by atoms with Crippen molar-refractivity contribution in [3.63, 3.8) is 0 Å². The molecule has 7 nitrogen and oxygen atoms in total. The third-order valence-corrected chi connectivity index (χ3v) is 6.74. The summed E-state index contributed by atoms with van der Waals surface area (Å²) in [6.45, 7) is 1.87. The normalized spacial score (nSPS) is 21.4. The number of hydrogen-bond donors (Lipinski definition) is 1. The van der Waals surface area contributed by atoms with Gasteiger partial charge in [-0.2, -0.15) is 0 Å². The molecule has 0 amide bonds. The first-order valence-electron chi connectivity index (χ1n) is 11.0. The van der Waals surface area contributed by atoms with E-state index in [-0.39, 0.29) is 18.0 Å². The second kappa shape index (κ2) is 7.97. The number of carbonyl (C=O) groups excluding carboxylic acids is 2. The van der Waals surface area contributed by atoms with Crippen molar-refractivity contribution in [1.82, 2.24) is 5.32 Å². The molecule has 0 radical (unpaired) electrons. The Balaban J connectivity index is 1.75. The minimum Gasteiger partial charge on any atom is -0.466 e. The van der Waals surface area contributed by atoms with E-state index in [1.54, 1.807) is 31.2 Å². The van der Waals surface area contributed by atoms with Crippen molar-refractivity contribution in [1.29, 1.82) is 0 Å². The van der Waals surface area contributed by atoms with Gasteiger partial charge in [0.1, 0.15) is 18.0 Å². The van der Waals surface area contributed by atoms with Crippen molar-refractivity contribution in [2.24, 2.45) is 0 Å². The number of cyclic esters (lactones) is 1. The van der Waals surface area contributed by atoms with Crippen LogP contribution in [-0.4, -0.2) is 25.7 Å². The van der Waals surface area contributed by atoms with E-state index in [1.807, 2.05) is 0 Å². The van der Waals surface area contributed by atoms with Crippen LogP contribution in [-0.2, 0) is 19.1 Å². The molecule has 1 aromatic heterocycles. The molecule has 1 N–H and O–H groups in total. The Morgan fingerprint density at radius 1 is 1.16 bits per heavy atom. The zero-order valence-corrected chi connectivity index (χ0v) is 18.2. The Morgan fingerprint density at radius 3 is 2.69 bits per heavy atom. The van der Waals surface area contributed by atoms with Crippen LogP contribution in [0.25, 0.3) is 11.0 Å². The van der Waals surface area contributed by atoms with Gasteiger partial charge in [0.05, 0.1) is 35.3 Å². The number of benzene rings is 1. The predicted molar refractivity (Wildman–Crippen MR) is 117 cm³/mol. The lowest BCUT2D eigenvalue weighted by molar-refractivity contribution is -0.136. The van der Waals surface area contributed by atoms with E-state index in [0.717, 1.165) is 25.7 Å². The molecule has 7 heteroatoms. The number of hydrogen-bond acceptors (Lipinski definition) is 7. The van der Waals surface area contributed by atoms with Gasteiger partial charge < -0.3 is 19.2 Å². The highest BCUT2D eigenvalue weighted by atomic mass is 16.5. The second-order valence-corrected chi connectivity index (χ2v) is 8.63. The summed E-state index contributed by atoms with van der Waals surface area (Å²) in [5, 5.41) is 3.54. The van der Waals surface area contributed by atoms with Gasteiger partial charge >= 0.3 is 11.9 Å². The Labute approximate surface area is 185 Å². The maximum Gasteiger partial charge on any atom is 0.337 e. The molecular formula is C25H25NO6. The number of carbonyl (C=O) groups is 2. The number of allylic oxidation sites excluding steroid dienone is 1. The number of methoxy groups -OCH3 is 1. The van der Waals surface area contributed by atoms with Gasteiger partial charge in [0.2, 0.25) is 0 Å². The zero-order chi connectivity index (χ0) is 22.4. The molecule has 0 bridgehead atoms. The summed E-state index contributed by atoms with van der Waals surface area (Å²) in [6, 6.07) is 6.87. The third kappa shape index (κ3) is 3.23. The van der Waals surface area contributed by atoms with Crippen LogP contribution in [0, 0.1) is 0 Å². The minimum atomic E-state index is -0.748. The molecule has 1 aliphatic carbocycles. The number of dihydropyridines is 1. The fraction of sp³-hybridized carbons (Fsp3) is 0.400. The third-order valence-electron chi connectivity index (χ3n) is 6.74. The monoisotopic (exact) mass is 435 g/mol. The molecular weight excluding hydrogens is 410 g/mol. The molecule has 1 aromatic carbocycles. The summed E-state index contributed by atoms with van der Waals surface area (Å²) in [5.74, 6) is -0.914. The molecule has 1 atom stereocenters. The standard InChI is InChI=1S/C25H25NO6/c1-13-20(24(28)30-2)21(22-17(26-13)12-31-25(22)29)16-10-6-9-15-18(27)11-19(32-23(15)16)14-7-4-3-5-8-14/h6,9-11,14,21,26H,3-5,7-8,12H2,1-2H3. The highest BCUT2D eigenvalue weighted by Gasteiger charge is 2.43. The van der Waals surface area contributed by atoms with Crippen molar-refractivity contribution in [2.75, 3.05) is 13.7 Å². The van der Waals surface area contributed by atoms with Crippen LogP contribution in [0.2, 0.25) is 0 Å². The van der Waals surface area contributed by atoms with Gasteiger partial charge in [-0.25, -0.2) is 9.59 Å². The molecule has 166 valence electrons. The highest BCUT2D eigenvalue weighted by molar-refractivity contribution is 6.02. The van der Waals surface area contributed by atoms with Gasteiger partial charge in [-0.1, -0.05) is 31.4 Å². The Morgan fingerprint density at radius 2 is 1.94 bits per heavy atom. The lowest BCUT2D eigenvalue weighted by Gasteiger charge is -2.28. The molecule has 0 spiro atoms. The van der Waals surface area contributed by atoms with Crippen LogP contribution >= 0.6 is 0 Å². The molecule has 3 aliphatic rings. The van der Waals surface area contributed by atoms with Gasteiger partial charge in [0, 0.05) is 23.2 Å². The van der Waals surface area contributed by atoms with E-state index in [4.69, 9.17) is 13.9 Å². The Bertz CT molecular complexity index is 1240. The van der Waals surface area contributed by atoms with Gasteiger partial charge in [0.15, 0.2) is 5.43 Å². The summed E-state index contributed by atoms with van der Waals surface area (Å²) < 4.78 is 16.7. The maximum atomic E-state index is 13.0. The lowest BCUT2D eigenvalue weighted by atomic mass is 9.80. The fourth-order valence-electron chi connectivity index (χ4n) is 5.19.